The summed E-state index contributed by atoms with van der Waals surface area (Å²) in [5, 5.41) is 13.4. The Labute approximate surface area is 192 Å². The van der Waals surface area contributed by atoms with Crippen molar-refractivity contribution < 1.29 is 23.7 Å². The molecule has 1 aromatic heterocycles. The van der Waals surface area contributed by atoms with E-state index in [0.29, 0.717) is 5.69 Å². The quantitative estimate of drug-likeness (QED) is 0.256. The minimum Gasteiger partial charge on any atom is -0.457 e. The fourth-order valence-corrected chi connectivity index (χ4v) is 3.72. The molecule has 0 radical (unpaired) electrons. The fraction of sp³-hybridized carbons (Fsp3) is 0.0870. The number of amides is 4. The van der Waals surface area contributed by atoms with Gasteiger partial charge in [-0.1, -0.05) is 17.7 Å². The van der Waals surface area contributed by atoms with Gasteiger partial charge in [-0.3, -0.25) is 25.0 Å². The number of furan rings is 1. The highest BCUT2D eigenvalue weighted by Gasteiger charge is 2.37. The first-order valence-electron chi connectivity index (χ1n) is 9.68. The molecule has 0 saturated carbocycles. The van der Waals surface area contributed by atoms with Crippen molar-refractivity contribution >= 4 is 46.9 Å². The smallest absolute Gasteiger partial charge is 0.335 e. The molecule has 3 aromatic rings. The number of nitro groups is 1. The number of anilines is 1. The number of rotatable bonds is 4. The number of aryl methyl sites for hydroxylation is 2. The average molecular weight is 466 g/mol. The Bertz CT molecular complexity index is 1350. The monoisotopic (exact) mass is 465 g/mol. The predicted molar refractivity (Wildman–Crippen MR) is 121 cm³/mol. The maximum atomic E-state index is 13.1. The van der Waals surface area contributed by atoms with Crippen molar-refractivity contribution in [3.05, 3.63) is 86.1 Å². The number of nitrogens with one attached hydrogen (secondary N) is 1. The number of halogens is 1. The molecule has 2 aromatic carbocycles. The van der Waals surface area contributed by atoms with Crippen molar-refractivity contribution in [1.82, 2.24) is 5.32 Å². The largest absolute Gasteiger partial charge is 0.457 e. The van der Waals surface area contributed by atoms with Crippen molar-refractivity contribution in [2.75, 3.05) is 4.90 Å². The van der Waals surface area contributed by atoms with Crippen LogP contribution in [-0.4, -0.2) is 22.8 Å². The summed E-state index contributed by atoms with van der Waals surface area (Å²) in [7, 11) is 0. The fourth-order valence-electron chi connectivity index (χ4n) is 3.50. The Morgan fingerprint density at radius 2 is 1.73 bits per heavy atom. The second kappa shape index (κ2) is 8.36. The minimum absolute atomic E-state index is 0.126. The normalized spacial score (nSPS) is 15.2. The number of barbiturate groups is 1. The SMILES string of the molecule is Cc1cc(C)cc(N2C(=O)NC(=O)C(=Cc3ccc(-c4cc([N+](=O)[O-])ccc4Cl)o3)C2=O)c1. The highest BCUT2D eigenvalue weighted by atomic mass is 35.5. The number of nitro benzene ring substituents is 1. The van der Waals surface area contributed by atoms with Gasteiger partial charge in [-0.05, 0) is 61.4 Å². The molecule has 2 heterocycles. The summed E-state index contributed by atoms with van der Waals surface area (Å²) in [5.74, 6) is -1.33. The van der Waals surface area contributed by atoms with Gasteiger partial charge in [0.15, 0.2) is 0 Å². The van der Waals surface area contributed by atoms with Crippen LogP contribution in [0.3, 0.4) is 0 Å². The van der Waals surface area contributed by atoms with E-state index >= 15 is 0 Å². The molecule has 1 aliphatic heterocycles. The molecule has 1 fully saturated rings. The van der Waals surface area contributed by atoms with Crippen molar-refractivity contribution in [3.63, 3.8) is 0 Å². The summed E-state index contributed by atoms with van der Waals surface area (Å²) < 4.78 is 5.67. The number of hydrogen-bond acceptors (Lipinski definition) is 6. The van der Waals surface area contributed by atoms with Crippen LogP contribution in [0, 0.1) is 24.0 Å². The van der Waals surface area contributed by atoms with Gasteiger partial charge in [0.2, 0.25) is 0 Å². The lowest BCUT2D eigenvalue weighted by molar-refractivity contribution is -0.384. The van der Waals surface area contributed by atoms with Crippen LogP contribution in [0.5, 0.6) is 0 Å². The number of imide groups is 2. The predicted octanol–water partition coefficient (Wildman–Crippen LogP) is 4.79. The molecule has 4 rings (SSSR count). The second-order valence-corrected chi connectivity index (χ2v) is 7.83. The molecule has 1 saturated heterocycles. The van der Waals surface area contributed by atoms with E-state index in [1.807, 2.05) is 19.9 Å². The minimum atomic E-state index is -0.864. The highest BCUT2D eigenvalue weighted by molar-refractivity contribution is 6.39. The zero-order valence-electron chi connectivity index (χ0n) is 17.4. The Kier molecular flexibility index (Phi) is 5.57. The molecule has 0 unspecified atom stereocenters. The standard InChI is InChI=1S/C23H16ClN3O6/c1-12-7-13(2)9-15(8-12)26-22(29)18(21(28)25-23(26)30)11-16-4-6-20(33-16)17-10-14(27(31)32)3-5-19(17)24/h3-11H,1-2H3,(H,25,28,30). The number of benzene rings is 2. The Balaban J connectivity index is 1.71. The van der Waals surface area contributed by atoms with Crippen molar-refractivity contribution in [2.45, 2.75) is 13.8 Å². The summed E-state index contributed by atoms with van der Waals surface area (Å²) in [6.45, 7) is 3.66. The Morgan fingerprint density at radius 3 is 2.39 bits per heavy atom. The first-order chi connectivity index (χ1) is 15.6. The van der Waals surface area contributed by atoms with Crippen LogP contribution in [-0.2, 0) is 9.59 Å². The Hall–Kier alpha value is -4.24. The molecule has 1 N–H and O–H groups in total. The average Bonchev–Trinajstić information content (AvgIpc) is 3.19. The maximum absolute atomic E-state index is 13.1. The van der Waals surface area contributed by atoms with Crippen molar-refractivity contribution in [1.29, 1.82) is 0 Å². The molecule has 0 spiro atoms. The van der Waals surface area contributed by atoms with Gasteiger partial charge in [-0.2, -0.15) is 0 Å². The summed E-state index contributed by atoms with van der Waals surface area (Å²) >= 11 is 6.15. The van der Waals surface area contributed by atoms with Gasteiger partial charge in [0.25, 0.3) is 17.5 Å². The summed E-state index contributed by atoms with van der Waals surface area (Å²) in [6.07, 6.45) is 1.20. The van der Waals surface area contributed by atoms with Gasteiger partial charge in [0.05, 0.1) is 15.6 Å². The van der Waals surface area contributed by atoms with Gasteiger partial charge >= 0.3 is 6.03 Å². The van der Waals surface area contributed by atoms with Crippen LogP contribution in [0.25, 0.3) is 17.4 Å². The molecular weight excluding hydrogens is 450 g/mol. The van der Waals surface area contributed by atoms with Crippen molar-refractivity contribution in [2.24, 2.45) is 0 Å². The summed E-state index contributed by atoms with van der Waals surface area (Å²) in [5.41, 5.74) is 1.82. The topological polar surface area (TPSA) is 123 Å². The van der Waals surface area contributed by atoms with Crippen molar-refractivity contribution in [3.8, 4) is 11.3 Å². The van der Waals surface area contributed by atoms with Crippen LogP contribution < -0.4 is 10.2 Å². The third-order valence-electron chi connectivity index (χ3n) is 4.91. The summed E-state index contributed by atoms with van der Waals surface area (Å²) in [4.78, 5) is 49.2. The Morgan fingerprint density at radius 1 is 1.03 bits per heavy atom. The van der Waals surface area contributed by atoms with Gasteiger partial charge in [-0.25, -0.2) is 9.69 Å². The van der Waals surface area contributed by atoms with Crippen LogP contribution in [0.2, 0.25) is 5.02 Å². The van der Waals surface area contributed by atoms with E-state index in [0.717, 1.165) is 16.0 Å². The molecule has 0 bridgehead atoms. The molecule has 0 aliphatic carbocycles. The van der Waals surface area contributed by atoms with E-state index in [9.17, 15) is 24.5 Å². The van der Waals surface area contributed by atoms with Crippen LogP contribution in [0.1, 0.15) is 16.9 Å². The number of non-ortho nitro benzene ring substituents is 1. The third kappa shape index (κ3) is 4.26. The van der Waals surface area contributed by atoms with Crippen LogP contribution in [0.4, 0.5) is 16.2 Å². The van der Waals surface area contributed by atoms with E-state index in [1.165, 1.54) is 36.4 Å². The number of nitrogens with zero attached hydrogens (tertiary/aromatic N) is 2. The lowest BCUT2D eigenvalue weighted by Gasteiger charge is -2.26. The van der Waals surface area contributed by atoms with E-state index in [4.69, 9.17) is 16.0 Å². The molecule has 0 atom stereocenters. The maximum Gasteiger partial charge on any atom is 0.335 e. The molecule has 166 valence electrons. The number of hydrogen-bond donors (Lipinski definition) is 1. The molecule has 4 amide bonds. The second-order valence-electron chi connectivity index (χ2n) is 7.43. The lowest BCUT2D eigenvalue weighted by atomic mass is 10.1. The van der Waals surface area contributed by atoms with Gasteiger partial charge in [0.1, 0.15) is 17.1 Å². The van der Waals surface area contributed by atoms with Crippen LogP contribution in [0.15, 0.2) is 58.5 Å². The molecular formula is C23H16ClN3O6. The lowest BCUT2D eigenvalue weighted by Crippen LogP contribution is -2.54. The van der Waals surface area contributed by atoms with E-state index < -0.39 is 22.8 Å². The van der Waals surface area contributed by atoms with Crippen LogP contribution >= 0.6 is 11.6 Å². The van der Waals surface area contributed by atoms with E-state index in [-0.39, 0.29) is 33.4 Å². The van der Waals surface area contributed by atoms with E-state index in [1.54, 1.807) is 12.1 Å². The highest BCUT2D eigenvalue weighted by Crippen LogP contribution is 2.33. The van der Waals surface area contributed by atoms with Gasteiger partial charge < -0.3 is 4.42 Å². The van der Waals surface area contributed by atoms with Gasteiger partial charge in [0, 0.05) is 17.7 Å². The number of carbonyl (C=O) groups excluding carboxylic acids is 3. The molecule has 10 heteroatoms. The zero-order chi connectivity index (χ0) is 23.9. The molecule has 1 aliphatic rings. The molecule has 9 nitrogen and oxygen atoms in total. The molecule has 33 heavy (non-hydrogen) atoms. The number of carbonyl (C=O) groups is 3. The van der Waals surface area contributed by atoms with Gasteiger partial charge in [-0.15, -0.1) is 0 Å². The summed E-state index contributed by atoms with van der Waals surface area (Å²) in [6, 6.07) is 11.3. The third-order valence-corrected chi connectivity index (χ3v) is 5.24. The first-order valence-corrected chi connectivity index (χ1v) is 10.1. The zero-order valence-corrected chi connectivity index (χ0v) is 18.2. The number of urea groups is 1. The first kappa shape index (κ1) is 22.0. The van der Waals surface area contributed by atoms with E-state index in [2.05, 4.69) is 5.32 Å².